The van der Waals surface area contributed by atoms with E-state index < -0.39 is 0 Å². The summed E-state index contributed by atoms with van der Waals surface area (Å²) in [5.74, 6) is -0.251. The van der Waals surface area contributed by atoms with E-state index in [0.717, 1.165) is 31.2 Å². The van der Waals surface area contributed by atoms with Crippen LogP contribution in [0, 0.1) is 11.7 Å². The van der Waals surface area contributed by atoms with Crippen molar-refractivity contribution in [3.63, 3.8) is 0 Å². The highest BCUT2D eigenvalue weighted by Crippen LogP contribution is 2.25. The van der Waals surface area contributed by atoms with Gasteiger partial charge in [-0.2, -0.15) is 0 Å². The van der Waals surface area contributed by atoms with Crippen LogP contribution < -0.4 is 5.32 Å². The number of benzene rings is 1. The highest BCUT2D eigenvalue weighted by Gasteiger charge is 2.26. The minimum absolute atomic E-state index is 0.0492. The fourth-order valence-electron chi connectivity index (χ4n) is 2.71. The number of hydrogen-bond acceptors (Lipinski definition) is 3. The van der Waals surface area contributed by atoms with Gasteiger partial charge in [0.15, 0.2) is 0 Å². The summed E-state index contributed by atoms with van der Waals surface area (Å²) >= 11 is 3.15. The minimum atomic E-state index is -0.236. The maximum absolute atomic E-state index is 13.4. The van der Waals surface area contributed by atoms with Crippen molar-refractivity contribution in [3.05, 3.63) is 34.1 Å². The van der Waals surface area contributed by atoms with Crippen LogP contribution >= 0.6 is 15.9 Å². The number of ether oxygens (including phenoxy) is 1. The number of esters is 1. The Morgan fingerprint density at radius 2 is 2.10 bits per heavy atom. The molecule has 0 spiro atoms. The third-order valence-electron chi connectivity index (χ3n) is 3.93. The second-order valence-corrected chi connectivity index (χ2v) is 6.28. The van der Waals surface area contributed by atoms with E-state index in [1.54, 1.807) is 12.1 Å². The largest absolute Gasteiger partial charge is 0.466 e. The third kappa shape index (κ3) is 4.78. The van der Waals surface area contributed by atoms with E-state index in [0.29, 0.717) is 23.7 Å². The zero-order valence-corrected chi connectivity index (χ0v) is 13.8. The molecule has 0 atom stereocenters. The Labute approximate surface area is 133 Å². The average Bonchev–Trinajstić information content (AvgIpc) is 2.49. The molecule has 0 bridgehead atoms. The van der Waals surface area contributed by atoms with Gasteiger partial charge in [0.05, 0.1) is 17.0 Å². The summed E-state index contributed by atoms with van der Waals surface area (Å²) in [6, 6.07) is 5.57. The molecule has 116 valence electrons. The van der Waals surface area contributed by atoms with Crippen molar-refractivity contribution < 1.29 is 13.9 Å². The van der Waals surface area contributed by atoms with E-state index in [-0.39, 0.29) is 17.7 Å². The summed E-state index contributed by atoms with van der Waals surface area (Å²) in [4.78, 5) is 11.7. The molecule has 1 saturated carbocycles. The number of hydrogen-bond donors (Lipinski definition) is 1. The molecular formula is C16H21BrFNO2. The van der Waals surface area contributed by atoms with Crippen LogP contribution in [0.4, 0.5) is 4.39 Å². The van der Waals surface area contributed by atoms with E-state index in [9.17, 15) is 9.18 Å². The summed E-state index contributed by atoms with van der Waals surface area (Å²) in [6.07, 6.45) is 3.65. The summed E-state index contributed by atoms with van der Waals surface area (Å²) in [6.45, 7) is 2.94. The maximum atomic E-state index is 13.4. The lowest BCUT2D eigenvalue weighted by Gasteiger charge is -2.28. The van der Waals surface area contributed by atoms with E-state index in [1.807, 2.05) is 13.0 Å². The minimum Gasteiger partial charge on any atom is -0.466 e. The molecule has 1 fully saturated rings. The Balaban J connectivity index is 1.76. The molecule has 0 aromatic heterocycles. The SMILES string of the molecule is CCOC(=O)C1CCC(NCc2ccc(Br)c(F)c2)CC1. The van der Waals surface area contributed by atoms with Crippen molar-refractivity contribution in [3.8, 4) is 0 Å². The standard InChI is InChI=1S/C16H21BrFNO2/c1-2-21-16(20)12-4-6-13(7-5-12)19-10-11-3-8-14(17)15(18)9-11/h3,8-9,12-13,19H,2,4-7,10H2,1H3. The Morgan fingerprint density at radius 1 is 1.38 bits per heavy atom. The van der Waals surface area contributed by atoms with Gasteiger partial charge in [-0.3, -0.25) is 4.79 Å². The zero-order chi connectivity index (χ0) is 15.2. The molecular weight excluding hydrogens is 337 g/mol. The van der Waals surface area contributed by atoms with E-state index in [4.69, 9.17) is 4.74 Å². The lowest BCUT2D eigenvalue weighted by atomic mass is 9.86. The van der Waals surface area contributed by atoms with Gasteiger partial charge in [0.25, 0.3) is 0 Å². The molecule has 1 N–H and O–H groups in total. The monoisotopic (exact) mass is 357 g/mol. The van der Waals surface area contributed by atoms with Gasteiger partial charge >= 0.3 is 5.97 Å². The first kappa shape index (κ1) is 16.4. The summed E-state index contributed by atoms with van der Waals surface area (Å²) in [5.41, 5.74) is 0.934. The molecule has 0 heterocycles. The predicted molar refractivity (Wildman–Crippen MR) is 83.3 cm³/mol. The topological polar surface area (TPSA) is 38.3 Å². The average molecular weight is 358 g/mol. The second kappa shape index (κ2) is 7.90. The van der Waals surface area contributed by atoms with E-state index >= 15 is 0 Å². The lowest BCUT2D eigenvalue weighted by molar-refractivity contribution is -0.149. The maximum Gasteiger partial charge on any atom is 0.308 e. The first-order valence-electron chi connectivity index (χ1n) is 7.44. The predicted octanol–water partition coefficient (Wildman–Crippen LogP) is 3.80. The van der Waals surface area contributed by atoms with Crippen LogP contribution in [0.2, 0.25) is 0 Å². The number of carbonyl (C=O) groups excluding carboxylic acids is 1. The lowest BCUT2D eigenvalue weighted by Crippen LogP contribution is -2.35. The number of halogens is 2. The van der Waals surface area contributed by atoms with Crippen LogP contribution in [0.15, 0.2) is 22.7 Å². The van der Waals surface area contributed by atoms with Gasteiger partial charge in [0.2, 0.25) is 0 Å². The first-order valence-corrected chi connectivity index (χ1v) is 8.23. The van der Waals surface area contributed by atoms with Crippen LogP contribution in [-0.4, -0.2) is 18.6 Å². The fourth-order valence-corrected chi connectivity index (χ4v) is 2.95. The summed E-state index contributed by atoms with van der Waals surface area (Å²) < 4.78 is 19.0. The molecule has 3 nitrogen and oxygen atoms in total. The Kier molecular flexibility index (Phi) is 6.18. The highest BCUT2D eigenvalue weighted by atomic mass is 79.9. The molecule has 1 aliphatic rings. The number of nitrogens with one attached hydrogen (secondary N) is 1. The normalized spacial score (nSPS) is 22.0. The van der Waals surface area contributed by atoms with Crippen LogP contribution in [0.3, 0.4) is 0 Å². The fraction of sp³-hybridized carbons (Fsp3) is 0.562. The van der Waals surface area contributed by atoms with Crippen LogP contribution in [0.1, 0.15) is 38.2 Å². The summed E-state index contributed by atoms with van der Waals surface area (Å²) in [7, 11) is 0. The van der Waals surface area contributed by atoms with Gasteiger partial charge in [0.1, 0.15) is 5.82 Å². The van der Waals surface area contributed by atoms with Gasteiger partial charge in [-0.15, -0.1) is 0 Å². The van der Waals surface area contributed by atoms with Crippen molar-refractivity contribution in [1.29, 1.82) is 0 Å². The third-order valence-corrected chi connectivity index (χ3v) is 4.57. The van der Waals surface area contributed by atoms with Crippen LogP contribution in [0.5, 0.6) is 0 Å². The molecule has 2 rings (SSSR count). The van der Waals surface area contributed by atoms with Crippen molar-refractivity contribution in [2.45, 2.75) is 45.2 Å². The number of rotatable bonds is 5. The molecule has 21 heavy (non-hydrogen) atoms. The summed E-state index contributed by atoms with van der Waals surface area (Å²) in [5, 5.41) is 3.44. The molecule has 0 unspecified atom stereocenters. The molecule has 1 aromatic rings. The van der Waals surface area contributed by atoms with Crippen LogP contribution in [-0.2, 0) is 16.1 Å². The molecule has 0 radical (unpaired) electrons. The smallest absolute Gasteiger partial charge is 0.308 e. The molecule has 1 aromatic carbocycles. The van der Waals surface area contributed by atoms with Gasteiger partial charge < -0.3 is 10.1 Å². The van der Waals surface area contributed by atoms with Crippen molar-refractivity contribution >= 4 is 21.9 Å². The van der Waals surface area contributed by atoms with Crippen LogP contribution in [0.25, 0.3) is 0 Å². The van der Waals surface area contributed by atoms with Crippen molar-refractivity contribution in [2.75, 3.05) is 6.61 Å². The zero-order valence-electron chi connectivity index (χ0n) is 12.2. The highest BCUT2D eigenvalue weighted by molar-refractivity contribution is 9.10. The first-order chi connectivity index (χ1) is 10.1. The molecule has 1 aliphatic carbocycles. The van der Waals surface area contributed by atoms with Gasteiger partial charge in [-0.25, -0.2) is 4.39 Å². The Bertz CT molecular complexity index is 487. The Hall–Kier alpha value is -0.940. The molecule has 0 amide bonds. The van der Waals surface area contributed by atoms with Crippen molar-refractivity contribution in [2.24, 2.45) is 5.92 Å². The van der Waals surface area contributed by atoms with Gasteiger partial charge in [0, 0.05) is 12.6 Å². The van der Waals surface area contributed by atoms with E-state index in [1.165, 1.54) is 0 Å². The molecule has 5 heteroatoms. The molecule has 0 aliphatic heterocycles. The van der Waals surface area contributed by atoms with Crippen molar-refractivity contribution in [1.82, 2.24) is 5.32 Å². The second-order valence-electron chi connectivity index (χ2n) is 5.43. The van der Waals surface area contributed by atoms with Gasteiger partial charge in [-0.05, 0) is 66.2 Å². The number of carbonyl (C=O) groups is 1. The Morgan fingerprint density at radius 3 is 2.71 bits per heavy atom. The quantitative estimate of drug-likeness (QED) is 0.814. The van der Waals surface area contributed by atoms with E-state index in [2.05, 4.69) is 21.2 Å². The molecule has 0 saturated heterocycles. The van der Waals surface area contributed by atoms with Gasteiger partial charge in [-0.1, -0.05) is 6.07 Å².